The Balaban J connectivity index is 1.80. The van der Waals surface area contributed by atoms with Gasteiger partial charge in [0.2, 0.25) is 0 Å². The lowest BCUT2D eigenvalue weighted by Gasteiger charge is -2.29. The highest BCUT2D eigenvalue weighted by Crippen LogP contribution is 2.34. The normalized spacial score (nSPS) is 16.7. The number of anilines is 1. The van der Waals surface area contributed by atoms with Crippen LogP contribution in [0.15, 0.2) is 53.4 Å². The minimum absolute atomic E-state index is 0.0948. The number of carbonyl (C=O) groups excluding carboxylic acids is 1. The fourth-order valence-electron chi connectivity index (χ4n) is 3.09. The molecule has 1 amide bonds. The number of amides is 1. The van der Waals surface area contributed by atoms with E-state index < -0.39 is 27.9 Å². The number of benzene rings is 2. The van der Waals surface area contributed by atoms with Gasteiger partial charge < -0.3 is 4.74 Å². The number of ether oxygens (including phenoxy) is 1. The van der Waals surface area contributed by atoms with Gasteiger partial charge >= 0.3 is 6.09 Å². The Morgan fingerprint density at radius 2 is 1.75 bits per heavy atom. The van der Waals surface area contributed by atoms with Gasteiger partial charge in [0.05, 0.1) is 23.2 Å². The second-order valence-corrected chi connectivity index (χ2v) is 9.50. The van der Waals surface area contributed by atoms with Crippen molar-refractivity contribution in [2.45, 2.75) is 50.7 Å². The van der Waals surface area contributed by atoms with Crippen molar-refractivity contribution in [2.24, 2.45) is 0 Å². The maximum atomic E-state index is 12.8. The monoisotopic (exact) mass is 403 g/mol. The van der Waals surface area contributed by atoms with Crippen LogP contribution in [0.1, 0.15) is 31.9 Å². The summed E-state index contributed by atoms with van der Waals surface area (Å²) in [7, 11) is -3.91. The molecule has 1 atom stereocenters. The minimum Gasteiger partial charge on any atom is -0.443 e. The summed E-state index contributed by atoms with van der Waals surface area (Å²) < 4.78 is 35.9. The molecule has 0 unspecified atom stereocenters. The number of fused-ring (bicyclic) bond motifs is 1. The van der Waals surface area contributed by atoms with E-state index in [-0.39, 0.29) is 11.5 Å². The van der Waals surface area contributed by atoms with Crippen LogP contribution in [0, 0.1) is 6.92 Å². The number of carbonyl (C=O) groups is 1. The summed E-state index contributed by atoms with van der Waals surface area (Å²) in [5, 5.41) is 0. The first-order chi connectivity index (χ1) is 13.1. The van der Waals surface area contributed by atoms with Crippen molar-refractivity contribution in [3.63, 3.8) is 0 Å². The molecule has 1 aliphatic heterocycles. The second-order valence-electron chi connectivity index (χ2n) is 7.89. The average Bonchev–Trinajstić information content (AvgIpc) is 2.97. The van der Waals surface area contributed by atoms with Crippen LogP contribution in [0.4, 0.5) is 10.5 Å². The van der Waals surface area contributed by atoms with Crippen molar-refractivity contribution in [2.75, 3.05) is 11.5 Å². The van der Waals surface area contributed by atoms with Crippen LogP contribution >= 0.6 is 0 Å². The Labute approximate surface area is 166 Å². The van der Waals surface area contributed by atoms with Gasteiger partial charge in [0, 0.05) is 0 Å². The number of hydrogen-bond donors (Lipinski definition) is 0. The molecule has 0 radical (unpaired) electrons. The molecule has 0 saturated carbocycles. The molecule has 0 N–H and O–H groups in total. The lowest BCUT2D eigenvalue weighted by atomic mass is 10.1. The molecule has 0 spiro atoms. The summed E-state index contributed by atoms with van der Waals surface area (Å²) in [6.45, 7) is 7.11. The van der Waals surface area contributed by atoms with Gasteiger partial charge in [-0.3, -0.25) is 9.08 Å². The van der Waals surface area contributed by atoms with Crippen LogP contribution in [0.2, 0.25) is 0 Å². The number of hydrogen-bond acceptors (Lipinski definition) is 5. The molecule has 0 fully saturated rings. The summed E-state index contributed by atoms with van der Waals surface area (Å²) in [5.41, 5.74) is 1.97. The van der Waals surface area contributed by atoms with Crippen LogP contribution in [0.5, 0.6) is 0 Å². The fraction of sp³-hybridized carbons (Fsp3) is 0.381. The van der Waals surface area contributed by atoms with E-state index in [1.54, 1.807) is 32.9 Å². The molecule has 2 aromatic carbocycles. The summed E-state index contributed by atoms with van der Waals surface area (Å²) in [6, 6.07) is 13.5. The highest BCUT2D eigenvalue weighted by atomic mass is 32.2. The lowest BCUT2D eigenvalue weighted by molar-refractivity contribution is 0.0560. The summed E-state index contributed by atoms with van der Waals surface area (Å²) in [4.78, 5) is 14.4. The van der Waals surface area contributed by atoms with Crippen molar-refractivity contribution in [1.82, 2.24) is 0 Å². The zero-order valence-electron chi connectivity index (χ0n) is 16.5. The number of para-hydroxylation sites is 1. The Morgan fingerprint density at radius 3 is 2.39 bits per heavy atom. The molecular formula is C21H25NO5S. The predicted octanol–water partition coefficient (Wildman–Crippen LogP) is 4.07. The topological polar surface area (TPSA) is 72.9 Å². The molecular weight excluding hydrogens is 378 g/mol. The van der Waals surface area contributed by atoms with Gasteiger partial charge in [-0.25, -0.2) is 4.79 Å². The average molecular weight is 404 g/mol. The van der Waals surface area contributed by atoms with E-state index in [4.69, 9.17) is 8.92 Å². The van der Waals surface area contributed by atoms with Crippen molar-refractivity contribution >= 4 is 21.9 Å². The number of aryl methyl sites for hydroxylation is 1. The molecule has 2 aromatic rings. The maximum absolute atomic E-state index is 12.8. The van der Waals surface area contributed by atoms with Gasteiger partial charge in [-0.2, -0.15) is 8.42 Å². The van der Waals surface area contributed by atoms with E-state index in [0.29, 0.717) is 6.42 Å². The largest absolute Gasteiger partial charge is 0.443 e. The lowest BCUT2D eigenvalue weighted by Crippen LogP contribution is -2.44. The molecule has 7 heteroatoms. The molecule has 0 saturated heterocycles. The van der Waals surface area contributed by atoms with Crippen molar-refractivity contribution < 1.29 is 22.1 Å². The highest BCUT2D eigenvalue weighted by molar-refractivity contribution is 7.86. The van der Waals surface area contributed by atoms with Gasteiger partial charge in [0.25, 0.3) is 10.1 Å². The summed E-state index contributed by atoms with van der Waals surface area (Å²) in [5.74, 6) is 0. The van der Waals surface area contributed by atoms with Crippen LogP contribution < -0.4 is 4.90 Å². The van der Waals surface area contributed by atoms with E-state index in [2.05, 4.69) is 0 Å². The smallest absolute Gasteiger partial charge is 0.415 e. The van der Waals surface area contributed by atoms with Gasteiger partial charge in [-0.05, 0) is 57.9 Å². The molecule has 6 nitrogen and oxygen atoms in total. The Hall–Kier alpha value is -2.38. The number of rotatable bonds is 4. The van der Waals surface area contributed by atoms with Crippen LogP contribution in [0.3, 0.4) is 0 Å². The fourth-order valence-corrected chi connectivity index (χ4v) is 4.04. The third-order valence-electron chi connectivity index (χ3n) is 4.39. The molecule has 28 heavy (non-hydrogen) atoms. The molecule has 0 aromatic heterocycles. The first-order valence-electron chi connectivity index (χ1n) is 9.13. The van der Waals surface area contributed by atoms with Gasteiger partial charge in [-0.1, -0.05) is 35.9 Å². The van der Waals surface area contributed by atoms with Crippen LogP contribution in [-0.2, 0) is 25.5 Å². The maximum Gasteiger partial charge on any atom is 0.415 e. The van der Waals surface area contributed by atoms with E-state index in [1.807, 2.05) is 31.2 Å². The molecule has 3 rings (SSSR count). The molecule has 1 aliphatic rings. The highest BCUT2D eigenvalue weighted by Gasteiger charge is 2.37. The SMILES string of the molecule is Cc1ccc(S(=O)(=O)OC[C@H]2Cc3ccccc3N2C(=O)OC(C)(C)C)cc1. The zero-order chi connectivity index (χ0) is 20.5. The molecule has 0 bridgehead atoms. The standard InChI is InChI=1S/C21H25NO5S/c1-15-9-11-18(12-10-15)28(24,25)26-14-17-13-16-7-5-6-8-19(16)22(17)20(23)27-21(2,3)4/h5-12,17H,13-14H2,1-4H3/t17-/m1/s1. The summed E-state index contributed by atoms with van der Waals surface area (Å²) >= 11 is 0. The van der Waals surface area contributed by atoms with Crippen molar-refractivity contribution in [3.05, 3.63) is 59.7 Å². The van der Waals surface area contributed by atoms with Gasteiger partial charge in [0.15, 0.2) is 0 Å². The zero-order valence-corrected chi connectivity index (χ0v) is 17.3. The van der Waals surface area contributed by atoms with E-state index in [0.717, 1.165) is 16.8 Å². The van der Waals surface area contributed by atoms with Crippen molar-refractivity contribution in [1.29, 1.82) is 0 Å². The summed E-state index contributed by atoms with van der Waals surface area (Å²) in [6.07, 6.45) is -0.0162. The molecule has 150 valence electrons. The van der Waals surface area contributed by atoms with Crippen LogP contribution in [-0.4, -0.2) is 32.8 Å². The Kier molecular flexibility index (Phi) is 5.50. The Morgan fingerprint density at radius 1 is 1.11 bits per heavy atom. The van der Waals surface area contributed by atoms with E-state index >= 15 is 0 Å². The quantitative estimate of drug-likeness (QED) is 0.720. The first kappa shape index (κ1) is 20.4. The molecule has 0 aliphatic carbocycles. The molecule has 1 heterocycles. The second kappa shape index (κ2) is 7.56. The van der Waals surface area contributed by atoms with Gasteiger partial charge in [-0.15, -0.1) is 0 Å². The minimum atomic E-state index is -3.91. The van der Waals surface area contributed by atoms with Crippen LogP contribution in [0.25, 0.3) is 0 Å². The third kappa shape index (κ3) is 4.54. The van der Waals surface area contributed by atoms with E-state index in [9.17, 15) is 13.2 Å². The van der Waals surface area contributed by atoms with Crippen molar-refractivity contribution in [3.8, 4) is 0 Å². The predicted molar refractivity (Wildman–Crippen MR) is 107 cm³/mol. The van der Waals surface area contributed by atoms with E-state index in [1.165, 1.54) is 17.0 Å². The number of nitrogens with zero attached hydrogens (tertiary/aromatic N) is 1. The third-order valence-corrected chi connectivity index (χ3v) is 5.68. The first-order valence-corrected chi connectivity index (χ1v) is 10.5. The van der Waals surface area contributed by atoms with Gasteiger partial charge in [0.1, 0.15) is 5.60 Å². The Bertz CT molecular complexity index is 961.